The molecule has 12 heavy (non-hydrogen) atoms. The summed E-state index contributed by atoms with van der Waals surface area (Å²) in [5.41, 5.74) is 7.01. The van der Waals surface area contributed by atoms with Crippen molar-refractivity contribution in [3.05, 3.63) is 22.2 Å². The SMILES string of the molecule is CCNc1c(N)cc(Cl)cc1Cl. The Balaban J connectivity index is 3.10. The highest BCUT2D eigenvalue weighted by Gasteiger charge is 2.04. The first kappa shape index (κ1) is 9.49. The lowest BCUT2D eigenvalue weighted by molar-refractivity contribution is 1.21. The molecule has 0 saturated heterocycles. The van der Waals surface area contributed by atoms with Gasteiger partial charge in [0.2, 0.25) is 0 Å². The van der Waals surface area contributed by atoms with Gasteiger partial charge >= 0.3 is 0 Å². The van der Waals surface area contributed by atoms with E-state index < -0.39 is 0 Å². The number of hydrogen-bond donors (Lipinski definition) is 2. The summed E-state index contributed by atoms with van der Waals surface area (Å²) in [6.07, 6.45) is 0. The summed E-state index contributed by atoms with van der Waals surface area (Å²) in [5, 5.41) is 4.17. The number of anilines is 2. The molecule has 1 aromatic rings. The Labute approximate surface area is 81.7 Å². The van der Waals surface area contributed by atoms with Gasteiger partial charge in [0, 0.05) is 11.6 Å². The average Bonchev–Trinajstić information content (AvgIpc) is 1.96. The van der Waals surface area contributed by atoms with Crippen LogP contribution in [0.5, 0.6) is 0 Å². The molecule has 1 aromatic carbocycles. The second-order valence-corrected chi connectivity index (χ2v) is 3.23. The molecular weight excluding hydrogens is 195 g/mol. The molecule has 0 atom stereocenters. The van der Waals surface area contributed by atoms with Crippen LogP contribution >= 0.6 is 23.2 Å². The Hall–Kier alpha value is -0.600. The summed E-state index contributed by atoms with van der Waals surface area (Å²) in [4.78, 5) is 0. The lowest BCUT2D eigenvalue weighted by atomic mass is 10.2. The molecule has 1 rings (SSSR count). The third-order valence-corrected chi connectivity index (χ3v) is 1.96. The van der Waals surface area contributed by atoms with Crippen LogP contribution in [0.25, 0.3) is 0 Å². The molecule has 0 bridgehead atoms. The summed E-state index contributed by atoms with van der Waals surface area (Å²) in [7, 11) is 0. The van der Waals surface area contributed by atoms with Crippen molar-refractivity contribution in [1.82, 2.24) is 0 Å². The fraction of sp³-hybridized carbons (Fsp3) is 0.250. The summed E-state index contributed by atoms with van der Waals surface area (Å²) in [5.74, 6) is 0. The zero-order valence-electron chi connectivity index (χ0n) is 6.70. The minimum absolute atomic E-state index is 0.555. The average molecular weight is 205 g/mol. The van der Waals surface area contributed by atoms with E-state index in [-0.39, 0.29) is 0 Å². The largest absolute Gasteiger partial charge is 0.397 e. The molecule has 3 N–H and O–H groups in total. The summed E-state index contributed by atoms with van der Waals surface area (Å²) in [6.45, 7) is 2.76. The van der Waals surface area contributed by atoms with Crippen LogP contribution in [0.4, 0.5) is 11.4 Å². The van der Waals surface area contributed by atoms with Crippen LogP contribution in [0, 0.1) is 0 Å². The third-order valence-electron chi connectivity index (χ3n) is 1.44. The smallest absolute Gasteiger partial charge is 0.0764 e. The van der Waals surface area contributed by atoms with E-state index in [0.717, 1.165) is 12.2 Å². The van der Waals surface area contributed by atoms with Crippen LogP contribution in [-0.4, -0.2) is 6.54 Å². The first-order chi connectivity index (χ1) is 5.65. The van der Waals surface area contributed by atoms with Gasteiger partial charge in [0.25, 0.3) is 0 Å². The number of hydrogen-bond acceptors (Lipinski definition) is 2. The predicted octanol–water partition coefficient (Wildman–Crippen LogP) is 3.01. The second kappa shape index (κ2) is 3.87. The lowest BCUT2D eigenvalue weighted by Crippen LogP contribution is -2.01. The van der Waals surface area contributed by atoms with Crippen molar-refractivity contribution < 1.29 is 0 Å². The molecule has 0 aliphatic heterocycles. The molecule has 4 heteroatoms. The highest BCUT2D eigenvalue weighted by molar-refractivity contribution is 6.37. The van der Waals surface area contributed by atoms with Crippen LogP contribution in [0.1, 0.15) is 6.92 Å². The van der Waals surface area contributed by atoms with E-state index in [1.54, 1.807) is 12.1 Å². The van der Waals surface area contributed by atoms with Crippen molar-refractivity contribution in [3.8, 4) is 0 Å². The first-order valence-corrected chi connectivity index (χ1v) is 4.39. The van der Waals surface area contributed by atoms with Crippen molar-refractivity contribution >= 4 is 34.6 Å². The van der Waals surface area contributed by atoms with E-state index in [0.29, 0.717) is 15.7 Å². The van der Waals surface area contributed by atoms with Crippen LogP contribution in [0.15, 0.2) is 12.1 Å². The van der Waals surface area contributed by atoms with Gasteiger partial charge in [-0.15, -0.1) is 0 Å². The zero-order valence-corrected chi connectivity index (χ0v) is 8.21. The number of nitrogens with one attached hydrogen (secondary N) is 1. The number of rotatable bonds is 2. The zero-order chi connectivity index (χ0) is 9.14. The maximum Gasteiger partial charge on any atom is 0.0764 e. The van der Waals surface area contributed by atoms with E-state index in [4.69, 9.17) is 28.9 Å². The monoisotopic (exact) mass is 204 g/mol. The molecule has 0 aromatic heterocycles. The topological polar surface area (TPSA) is 38.0 Å². The minimum atomic E-state index is 0.555. The molecule has 0 spiro atoms. The van der Waals surface area contributed by atoms with Gasteiger partial charge in [-0.05, 0) is 19.1 Å². The van der Waals surface area contributed by atoms with Crippen LogP contribution in [0.2, 0.25) is 10.0 Å². The first-order valence-electron chi connectivity index (χ1n) is 3.63. The predicted molar refractivity (Wildman–Crippen MR) is 55.0 cm³/mol. The van der Waals surface area contributed by atoms with Crippen molar-refractivity contribution in [1.29, 1.82) is 0 Å². The van der Waals surface area contributed by atoms with Gasteiger partial charge in [0.1, 0.15) is 0 Å². The maximum absolute atomic E-state index is 5.89. The molecule has 0 aliphatic rings. The molecule has 0 amide bonds. The van der Waals surface area contributed by atoms with Crippen molar-refractivity contribution in [2.45, 2.75) is 6.92 Å². The van der Waals surface area contributed by atoms with Crippen LogP contribution in [0.3, 0.4) is 0 Å². The number of halogens is 2. The number of nitrogens with two attached hydrogens (primary N) is 1. The van der Waals surface area contributed by atoms with Gasteiger partial charge in [-0.1, -0.05) is 23.2 Å². The molecule has 2 nitrogen and oxygen atoms in total. The summed E-state index contributed by atoms with van der Waals surface area (Å²) in [6, 6.07) is 3.34. The molecular formula is C8H10Cl2N2. The molecule has 0 saturated carbocycles. The highest BCUT2D eigenvalue weighted by atomic mass is 35.5. The van der Waals surface area contributed by atoms with Gasteiger partial charge in [-0.2, -0.15) is 0 Å². The van der Waals surface area contributed by atoms with Gasteiger partial charge in [-0.3, -0.25) is 0 Å². The Morgan fingerprint density at radius 2 is 2.08 bits per heavy atom. The van der Waals surface area contributed by atoms with Crippen molar-refractivity contribution in [3.63, 3.8) is 0 Å². The van der Waals surface area contributed by atoms with E-state index in [1.165, 1.54) is 0 Å². The highest BCUT2D eigenvalue weighted by Crippen LogP contribution is 2.31. The van der Waals surface area contributed by atoms with Gasteiger partial charge in [-0.25, -0.2) is 0 Å². The van der Waals surface area contributed by atoms with Crippen LogP contribution in [-0.2, 0) is 0 Å². The van der Waals surface area contributed by atoms with E-state index in [1.807, 2.05) is 6.92 Å². The number of nitrogen functional groups attached to an aromatic ring is 1. The summed E-state index contributed by atoms with van der Waals surface area (Å²) < 4.78 is 0. The van der Waals surface area contributed by atoms with Crippen molar-refractivity contribution in [2.24, 2.45) is 0 Å². The molecule has 0 unspecified atom stereocenters. The number of benzene rings is 1. The van der Waals surface area contributed by atoms with Crippen molar-refractivity contribution in [2.75, 3.05) is 17.6 Å². The second-order valence-electron chi connectivity index (χ2n) is 2.38. The minimum Gasteiger partial charge on any atom is -0.397 e. The standard InChI is InChI=1S/C8H10Cl2N2/c1-2-12-8-6(10)3-5(9)4-7(8)11/h3-4,12H,2,11H2,1H3. The van der Waals surface area contributed by atoms with E-state index in [2.05, 4.69) is 5.32 Å². The fourth-order valence-electron chi connectivity index (χ4n) is 0.957. The lowest BCUT2D eigenvalue weighted by Gasteiger charge is -2.09. The fourth-order valence-corrected chi connectivity index (χ4v) is 1.53. The van der Waals surface area contributed by atoms with Crippen LogP contribution < -0.4 is 11.1 Å². The molecule has 66 valence electrons. The third kappa shape index (κ3) is 1.96. The van der Waals surface area contributed by atoms with Gasteiger partial charge in [0.15, 0.2) is 0 Å². The molecule has 0 radical (unpaired) electrons. The Morgan fingerprint density at radius 3 is 2.58 bits per heavy atom. The van der Waals surface area contributed by atoms with E-state index in [9.17, 15) is 0 Å². The molecule has 0 fully saturated rings. The Bertz CT molecular complexity index is 263. The summed E-state index contributed by atoms with van der Waals surface area (Å²) >= 11 is 11.6. The normalized spacial score (nSPS) is 9.92. The molecule has 0 aliphatic carbocycles. The Morgan fingerprint density at radius 1 is 1.42 bits per heavy atom. The molecule has 0 heterocycles. The maximum atomic E-state index is 5.89. The quantitative estimate of drug-likeness (QED) is 0.728. The van der Waals surface area contributed by atoms with E-state index >= 15 is 0 Å². The van der Waals surface area contributed by atoms with Gasteiger partial charge < -0.3 is 11.1 Å². The van der Waals surface area contributed by atoms with Gasteiger partial charge in [0.05, 0.1) is 16.4 Å². The Kier molecular flexibility index (Phi) is 3.06.